The molecule has 0 spiro atoms. The van der Waals surface area contributed by atoms with Gasteiger partial charge in [-0.3, -0.25) is 0 Å². The van der Waals surface area contributed by atoms with Crippen LogP contribution in [-0.4, -0.2) is 19.7 Å². The molecule has 0 fully saturated rings. The molecule has 3 nitrogen and oxygen atoms in total. The molecule has 0 heterocycles. The van der Waals surface area contributed by atoms with Crippen LogP contribution in [-0.2, 0) is 9.53 Å². The van der Waals surface area contributed by atoms with Gasteiger partial charge in [0.25, 0.3) is 0 Å². The Hall–Kier alpha value is -1.58. The summed E-state index contributed by atoms with van der Waals surface area (Å²) >= 11 is 0. The smallest absolute Gasteiger partial charge is 0.345 e. The summed E-state index contributed by atoms with van der Waals surface area (Å²) in [6, 6.07) is 6.45. The van der Waals surface area contributed by atoms with Gasteiger partial charge in [-0.2, -0.15) is 0 Å². The van der Waals surface area contributed by atoms with Crippen molar-refractivity contribution in [2.75, 3.05) is 13.7 Å². The van der Waals surface area contributed by atoms with Crippen LogP contribution < -0.4 is 4.74 Å². The fourth-order valence-electron chi connectivity index (χ4n) is 1.22. The summed E-state index contributed by atoms with van der Waals surface area (Å²) in [5.41, 5.74) is 0.193. The first-order valence-electron chi connectivity index (χ1n) is 4.64. The van der Waals surface area contributed by atoms with Crippen molar-refractivity contribution in [2.45, 2.75) is 13.1 Å². The van der Waals surface area contributed by atoms with Gasteiger partial charge in [0, 0.05) is 5.56 Å². The maximum absolute atomic E-state index is 13.6. The Labute approximate surface area is 87.8 Å². The summed E-state index contributed by atoms with van der Waals surface area (Å²) in [4.78, 5) is 11.2. The van der Waals surface area contributed by atoms with Gasteiger partial charge in [-0.15, -0.1) is 0 Å². The van der Waals surface area contributed by atoms with Gasteiger partial charge in [0.05, 0.1) is 13.7 Å². The van der Waals surface area contributed by atoms with Gasteiger partial charge >= 0.3 is 5.97 Å². The lowest BCUT2D eigenvalue weighted by Crippen LogP contribution is -2.12. The zero-order valence-corrected chi connectivity index (χ0v) is 8.70. The molecule has 1 rings (SSSR count). The van der Waals surface area contributed by atoms with E-state index < -0.39 is 12.1 Å². The molecule has 1 aromatic carbocycles. The fraction of sp³-hybridized carbons (Fsp3) is 0.364. The number of ether oxygens (including phenoxy) is 2. The summed E-state index contributed by atoms with van der Waals surface area (Å²) in [5, 5.41) is 0. The number of esters is 1. The van der Waals surface area contributed by atoms with E-state index in [2.05, 4.69) is 4.74 Å². The second-order valence-electron chi connectivity index (χ2n) is 2.86. The second kappa shape index (κ2) is 5.34. The lowest BCUT2D eigenvalue weighted by molar-refractivity contribution is -0.149. The van der Waals surface area contributed by atoms with E-state index in [9.17, 15) is 9.18 Å². The Morgan fingerprint density at radius 3 is 2.73 bits per heavy atom. The highest BCUT2D eigenvalue weighted by Crippen LogP contribution is 2.28. The quantitative estimate of drug-likeness (QED) is 0.718. The molecule has 0 radical (unpaired) electrons. The highest BCUT2D eigenvalue weighted by molar-refractivity contribution is 5.77. The van der Waals surface area contributed by atoms with E-state index in [0.717, 1.165) is 0 Å². The zero-order chi connectivity index (χ0) is 11.3. The first-order valence-corrected chi connectivity index (χ1v) is 4.64. The fourth-order valence-corrected chi connectivity index (χ4v) is 1.22. The second-order valence-corrected chi connectivity index (χ2v) is 2.86. The first kappa shape index (κ1) is 11.5. The number of hydrogen-bond donors (Lipinski definition) is 0. The Balaban J connectivity index is 2.89. The SMILES string of the molecule is CCOC(=O)C(F)c1ccccc1OC. The largest absolute Gasteiger partial charge is 0.496 e. The normalized spacial score (nSPS) is 11.9. The van der Waals surface area contributed by atoms with E-state index in [1.807, 2.05) is 0 Å². The number of rotatable bonds is 4. The summed E-state index contributed by atoms with van der Waals surface area (Å²) in [7, 11) is 1.43. The minimum absolute atomic E-state index is 0.161. The molecule has 0 saturated heterocycles. The lowest BCUT2D eigenvalue weighted by atomic mass is 10.1. The Kier molecular flexibility index (Phi) is 4.09. The Bertz CT molecular complexity index is 338. The molecule has 0 aliphatic carbocycles. The van der Waals surface area contributed by atoms with Gasteiger partial charge in [-0.25, -0.2) is 9.18 Å². The third-order valence-electron chi connectivity index (χ3n) is 1.91. The maximum Gasteiger partial charge on any atom is 0.345 e. The van der Waals surface area contributed by atoms with Crippen LogP contribution in [0.5, 0.6) is 5.75 Å². The monoisotopic (exact) mass is 212 g/mol. The maximum atomic E-state index is 13.6. The van der Waals surface area contributed by atoms with Gasteiger partial charge in [0.15, 0.2) is 0 Å². The number of halogens is 1. The highest BCUT2D eigenvalue weighted by atomic mass is 19.1. The minimum Gasteiger partial charge on any atom is -0.496 e. The van der Waals surface area contributed by atoms with Crippen molar-refractivity contribution in [3.05, 3.63) is 29.8 Å². The van der Waals surface area contributed by atoms with E-state index in [1.54, 1.807) is 25.1 Å². The van der Waals surface area contributed by atoms with E-state index in [0.29, 0.717) is 5.75 Å². The average Bonchev–Trinajstić information content (AvgIpc) is 2.28. The van der Waals surface area contributed by atoms with E-state index in [4.69, 9.17) is 4.74 Å². The molecule has 0 saturated carbocycles. The number of alkyl halides is 1. The van der Waals surface area contributed by atoms with Gasteiger partial charge in [0.1, 0.15) is 5.75 Å². The minimum atomic E-state index is -1.79. The van der Waals surface area contributed by atoms with Crippen molar-refractivity contribution in [1.82, 2.24) is 0 Å². The van der Waals surface area contributed by atoms with Crippen LogP contribution >= 0.6 is 0 Å². The zero-order valence-electron chi connectivity index (χ0n) is 8.70. The van der Waals surface area contributed by atoms with Gasteiger partial charge in [-0.05, 0) is 13.0 Å². The number of benzene rings is 1. The van der Waals surface area contributed by atoms with Gasteiger partial charge < -0.3 is 9.47 Å². The topological polar surface area (TPSA) is 35.5 Å². The molecule has 0 aromatic heterocycles. The van der Waals surface area contributed by atoms with Crippen molar-refractivity contribution in [3.8, 4) is 5.75 Å². The molecule has 1 aromatic rings. The molecule has 1 atom stereocenters. The van der Waals surface area contributed by atoms with E-state index in [1.165, 1.54) is 13.2 Å². The van der Waals surface area contributed by atoms with Crippen LogP contribution in [0.2, 0.25) is 0 Å². The first-order chi connectivity index (χ1) is 7.20. The summed E-state index contributed by atoms with van der Waals surface area (Å²) in [6.45, 7) is 1.79. The number of methoxy groups -OCH3 is 1. The molecule has 4 heteroatoms. The van der Waals surface area contributed by atoms with Crippen LogP contribution in [0.15, 0.2) is 24.3 Å². The molecular weight excluding hydrogens is 199 g/mol. The van der Waals surface area contributed by atoms with Crippen molar-refractivity contribution < 1.29 is 18.7 Å². The summed E-state index contributed by atoms with van der Waals surface area (Å²) < 4.78 is 23.1. The van der Waals surface area contributed by atoms with Crippen LogP contribution in [0, 0.1) is 0 Å². The molecule has 1 unspecified atom stereocenters. The van der Waals surface area contributed by atoms with E-state index in [-0.39, 0.29) is 12.2 Å². The van der Waals surface area contributed by atoms with Crippen LogP contribution in [0.1, 0.15) is 18.7 Å². The third-order valence-corrected chi connectivity index (χ3v) is 1.91. The van der Waals surface area contributed by atoms with Crippen LogP contribution in [0.25, 0.3) is 0 Å². The van der Waals surface area contributed by atoms with Crippen molar-refractivity contribution in [3.63, 3.8) is 0 Å². The van der Waals surface area contributed by atoms with Crippen LogP contribution in [0.3, 0.4) is 0 Å². The van der Waals surface area contributed by atoms with Crippen molar-refractivity contribution >= 4 is 5.97 Å². The molecule has 0 aliphatic heterocycles. The standard InChI is InChI=1S/C11H13FO3/c1-3-15-11(13)10(12)8-6-4-5-7-9(8)14-2/h4-7,10H,3H2,1-2H3. The van der Waals surface area contributed by atoms with Crippen LogP contribution in [0.4, 0.5) is 4.39 Å². The predicted octanol–water partition coefficient (Wildman–Crippen LogP) is 2.27. The third kappa shape index (κ3) is 2.68. The molecule has 82 valence electrons. The molecule has 0 bridgehead atoms. The molecule has 0 aliphatic rings. The van der Waals surface area contributed by atoms with Crippen molar-refractivity contribution in [1.29, 1.82) is 0 Å². The summed E-state index contributed by atoms with van der Waals surface area (Å²) in [5.74, 6) is -0.542. The predicted molar refractivity (Wildman–Crippen MR) is 53.5 cm³/mol. The lowest BCUT2D eigenvalue weighted by Gasteiger charge is -2.11. The van der Waals surface area contributed by atoms with Crippen molar-refractivity contribution in [2.24, 2.45) is 0 Å². The Morgan fingerprint density at radius 2 is 2.13 bits per heavy atom. The summed E-state index contributed by atoms with van der Waals surface area (Å²) in [6.07, 6.45) is -1.79. The van der Waals surface area contributed by atoms with E-state index >= 15 is 0 Å². The number of para-hydroxylation sites is 1. The highest BCUT2D eigenvalue weighted by Gasteiger charge is 2.23. The Morgan fingerprint density at radius 1 is 1.47 bits per heavy atom. The number of hydrogen-bond acceptors (Lipinski definition) is 3. The molecule has 0 amide bonds. The molecular formula is C11H13FO3. The van der Waals surface area contributed by atoms with Gasteiger partial charge in [-0.1, -0.05) is 18.2 Å². The molecule has 0 N–H and O–H groups in total. The molecule has 15 heavy (non-hydrogen) atoms. The average molecular weight is 212 g/mol. The number of carbonyl (C=O) groups is 1. The van der Waals surface area contributed by atoms with Gasteiger partial charge in [0.2, 0.25) is 6.17 Å². The number of carbonyl (C=O) groups excluding carboxylic acids is 1.